The molecule has 0 saturated carbocycles. The molecule has 82 valence electrons. The molecule has 1 aromatic heterocycles. The highest BCUT2D eigenvalue weighted by molar-refractivity contribution is 5.82. The van der Waals surface area contributed by atoms with Crippen molar-refractivity contribution in [2.75, 3.05) is 0 Å². The number of nitrogens with zero attached hydrogens (tertiary/aromatic N) is 2. The first-order chi connectivity index (χ1) is 7.65. The zero-order valence-corrected chi connectivity index (χ0v) is 8.67. The molecule has 0 amide bonds. The highest BCUT2D eigenvalue weighted by Crippen LogP contribution is 2.09. The third kappa shape index (κ3) is 2.25. The predicted octanol–water partition coefficient (Wildman–Crippen LogP) is 1.67. The van der Waals surface area contributed by atoms with Gasteiger partial charge < -0.3 is 9.63 Å². The summed E-state index contributed by atoms with van der Waals surface area (Å²) >= 11 is 0. The smallest absolute Gasteiger partial charge is 0.377 e. The maximum atomic E-state index is 10.5. The molecule has 16 heavy (non-hydrogen) atoms. The molecule has 0 unspecified atom stereocenters. The van der Waals surface area contributed by atoms with E-state index in [1.54, 1.807) is 0 Å². The molecule has 5 heteroatoms. The zero-order chi connectivity index (χ0) is 11.5. The lowest BCUT2D eigenvalue weighted by Gasteiger charge is -1.96. The zero-order valence-electron chi connectivity index (χ0n) is 8.67. The van der Waals surface area contributed by atoms with E-state index in [0.717, 1.165) is 5.56 Å². The van der Waals surface area contributed by atoms with Crippen LogP contribution in [-0.2, 0) is 6.42 Å². The first-order valence-electron chi connectivity index (χ1n) is 4.76. The Labute approximate surface area is 91.7 Å². The number of carboxylic acids is 1. The van der Waals surface area contributed by atoms with Crippen LogP contribution in [0.5, 0.6) is 0 Å². The second-order valence-electron chi connectivity index (χ2n) is 3.48. The van der Waals surface area contributed by atoms with Crippen molar-refractivity contribution >= 4 is 5.97 Å². The molecule has 1 N–H and O–H groups in total. The largest absolute Gasteiger partial charge is 0.475 e. The topological polar surface area (TPSA) is 76.2 Å². The number of carbonyl (C=O) groups is 1. The van der Waals surface area contributed by atoms with Gasteiger partial charge >= 0.3 is 5.97 Å². The van der Waals surface area contributed by atoms with Crippen LogP contribution in [0.3, 0.4) is 0 Å². The fourth-order valence-corrected chi connectivity index (χ4v) is 1.29. The Morgan fingerprint density at radius 1 is 1.38 bits per heavy atom. The van der Waals surface area contributed by atoms with Crippen LogP contribution in [0.2, 0.25) is 0 Å². The van der Waals surface area contributed by atoms with Gasteiger partial charge in [-0.15, -0.1) is 0 Å². The van der Waals surface area contributed by atoms with Crippen LogP contribution in [0, 0.1) is 6.92 Å². The van der Waals surface area contributed by atoms with Crippen molar-refractivity contribution in [1.29, 1.82) is 0 Å². The van der Waals surface area contributed by atoms with Gasteiger partial charge in [0.25, 0.3) is 5.82 Å². The van der Waals surface area contributed by atoms with Gasteiger partial charge in [0, 0.05) is 0 Å². The lowest BCUT2D eigenvalue weighted by atomic mass is 10.1. The van der Waals surface area contributed by atoms with Crippen molar-refractivity contribution in [3.8, 4) is 0 Å². The average molecular weight is 218 g/mol. The van der Waals surface area contributed by atoms with Crippen LogP contribution in [0.25, 0.3) is 0 Å². The van der Waals surface area contributed by atoms with Gasteiger partial charge in [0.2, 0.25) is 5.89 Å². The summed E-state index contributed by atoms with van der Waals surface area (Å²) in [5.74, 6) is -1.18. The molecule has 0 aliphatic rings. The summed E-state index contributed by atoms with van der Waals surface area (Å²) in [6, 6.07) is 7.84. The summed E-state index contributed by atoms with van der Waals surface area (Å²) in [5, 5.41) is 12.0. The Hall–Kier alpha value is -2.17. The van der Waals surface area contributed by atoms with Crippen molar-refractivity contribution in [3.63, 3.8) is 0 Å². The van der Waals surface area contributed by atoms with E-state index in [1.807, 2.05) is 31.2 Å². The molecule has 1 aromatic carbocycles. The molecule has 0 spiro atoms. The molecule has 2 aromatic rings. The van der Waals surface area contributed by atoms with E-state index < -0.39 is 5.97 Å². The third-order valence-electron chi connectivity index (χ3n) is 2.14. The molecule has 0 fully saturated rings. The summed E-state index contributed by atoms with van der Waals surface area (Å²) in [6.45, 7) is 2.00. The van der Waals surface area contributed by atoms with Crippen LogP contribution >= 0.6 is 0 Å². The van der Waals surface area contributed by atoms with E-state index in [-0.39, 0.29) is 5.82 Å². The number of aromatic carboxylic acids is 1. The molecular formula is C11H10N2O3. The summed E-state index contributed by atoms with van der Waals surface area (Å²) in [5.41, 5.74) is 2.17. The third-order valence-corrected chi connectivity index (χ3v) is 2.14. The van der Waals surface area contributed by atoms with Gasteiger partial charge in [0.15, 0.2) is 0 Å². The highest BCUT2D eigenvalue weighted by Gasteiger charge is 2.12. The quantitative estimate of drug-likeness (QED) is 0.847. The maximum absolute atomic E-state index is 10.5. The van der Waals surface area contributed by atoms with E-state index in [2.05, 4.69) is 10.1 Å². The van der Waals surface area contributed by atoms with Gasteiger partial charge in [-0.05, 0) is 17.6 Å². The van der Waals surface area contributed by atoms with Gasteiger partial charge in [0.05, 0.1) is 6.42 Å². The second kappa shape index (κ2) is 4.14. The van der Waals surface area contributed by atoms with Crippen molar-refractivity contribution in [2.24, 2.45) is 0 Å². The number of aromatic nitrogens is 2. The fraction of sp³-hybridized carbons (Fsp3) is 0.182. The lowest BCUT2D eigenvalue weighted by Crippen LogP contribution is -1.99. The molecule has 0 aliphatic carbocycles. The van der Waals surface area contributed by atoms with Gasteiger partial charge in [-0.3, -0.25) is 0 Å². The number of carboxylic acid groups (broad SMARTS) is 1. The van der Waals surface area contributed by atoms with E-state index in [0.29, 0.717) is 12.3 Å². The minimum absolute atomic E-state index is 0.304. The van der Waals surface area contributed by atoms with Crippen molar-refractivity contribution in [2.45, 2.75) is 13.3 Å². The molecule has 1 heterocycles. The Bertz CT molecular complexity index is 502. The van der Waals surface area contributed by atoms with Gasteiger partial charge in [-0.25, -0.2) is 4.79 Å². The molecule has 0 saturated heterocycles. The van der Waals surface area contributed by atoms with E-state index in [1.165, 1.54) is 5.56 Å². The van der Waals surface area contributed by atoms with Gasteiger partial charge in [-0.2, -0.15) is 4.98 Å². The summed E-state index contributed by atoms with van der Waals surface area (Å²) in [6.07, 6.45) is 0.445. The normalized spacial score (nSPS) is 10.3. The fourth-order valence-electron chi connectivity index (χ4n) is 1.29. The predicted molar refractivity (Wildman–Crippen MR) is 55.2 cm³/mol. The summed E-state index contributed by atoms with van der Waals surface area (Å²) in [4.78, 5) is 14.3. The van der Waals surface area contributed by atoms with Gasteiger partial charge in [-0.1, -0.05) is 29.8 Å². The number of hydrogen-bond donors (Lipinski definition) is 1. The second-order valence-corrected chi connectivity index (χ2v) is 3.48. The van der Waals surface area contributed by atoms with E-state index in [9.17, 15) is 4.79 Å². The van der Waals surface area contributed by atoms with Crippen LogP contribution in [0.1, 0.15) is 27.6 Å². The number of benzene rings is 1. The molecule has 0 aliphatic heterocycles. The first-order valence-corrected chi connectivity index (χ1v) is 4.76. The number of hydrogen-bond acceptors (Lipinski definition) is 4. The minimum atomic E-state index is -1.18. The Morgan fingerprint density at radius 3 is 2.62 bits per heavy atom. The molecular weight excluding hydrogens is 208 g/mol. The van der Waals surface area contributed by atoms with Crippen LogP contribution in [0.4, 0.5) is 0 Å². The lowest BCUT2D eigenvalue weighted by molar-refractivity contribution is 0.0680. The number of rotatable bonds is 3. The Kier molecular flexibility index (Phi) is 2.68. The minimum Gasteiger partial charge on any atom is -0.475 e. The highest BCUT2D eigenvalue weighted by atomic mass is 16.5. The Balaban J connectivity index is 2.14. The summed E-state index contributed by atoms with van der Waals surface area (Å²) in [7, 11) is 0. The molecule has 0 bridgehead atoms. The first kappa shape index (κ1) is 10.4. The maximum Gasteiger partial charge on any atom is 0.377 e. The average Bonchev–Trinajstić information content (AvgIpc) is 2.70. The summed E-state index contributed by atoms with van der Waals surface area (Å²) < 4.78 is 4.82. The van der Waals surface area contributed by atoms with Gasteiger partial charge in [0.1, 0.15) is 0 Å². The van der Waals surface area contributed by atoms with Crippen LogP contribution < -0.4 is 0 Å². The monoisotopic (exact) mass is 218 g/mol. The Morgan fingerprint density at radius 2 is 2.06 bits per heavy atom. The van der Waals surface area contributed by atoms with E-state index in [4.69, 9.17) is 9.63 Å². The molecule has 0 radical (unpaired) electrons. The van der Waals surface area contributed by atoms with Crippen molar-refractivity contribution in [3.05, 3.63) is 47.1 Å². The number of aryl methyl sites for hydroxylation is 1. The van der Waals surface area contributed by atoms with E-state index >= 15 is 0 Å². The molecule has 5 nitrogen and oxygen atoms in total. The van der Waals surface area contributed by atoms with Crippen molar-refractivity contribution < 1.29 is 14.4 Å². The van der Waals surface area contributed by atoms with Crippen LogP contribution in [-0.4, -0.2) is 21.2 Å². The molecule has 2 rings (SSSR count). The SMILES string of the molecule is Cc1ccc(Cc2nc(C(=O)O)no2)cc1. The standard InChI is InChI=1S/C11H10N2O3/c1-7-2-4-8(5-3-7)6-9-12-10(11(14)15)13-16-9/h2-5H,6H2,1H3,(H,14,15). The molecule has 0 atom stereocenters. The van der Waals surface area contributed by atoms with Crippen molar-refractivity contribution in [1.82, 2.24) is 10.1 Å². The van der Waals surface area contributed by atoms with Crippen LogP contribution in [0.15, 0.2) is 28.8 Å².